The van der Waals surface area contributed by atoms with Crippen molar-refractivity contribution < 1.29 is 4.79 Å². The highest BCUT2D eigenvalue weighted by Gasteiger charge is 2.23. The first-order valence-electron chi connectivity index (χ1n) is 9.04. The molecule has 1 N–H and O–H groups in total. The lowest BCUT2D eigenvalue weighted by Gasteiger charge is -2.06. The Morgan fingerprint density at radius 2 is 1.85 bits per heavy atom. The Labute approximate surface area is 153 Å². The molecule has 0 radical (unpaired) electrons. The van der Waals surface area contributed by atoms with Gasteiger partial charge in [-0.1, -0.05) is 48.0 Å². The van der Waals surface area contributed by atoms with Crippen LogP contribution in [0.15, 0.2) is 54.6 Å². The van der Waals surface area contributed by atoms with Crippen LogP contribution >= 0.6 is 0 Å². The zero-order valence-corrected chi connectivity index (χ0v) is 14.9. The van der Waals surface area contributed by atoms with Crippen molar-refractivity contribution in [1.29, 1.82) is 0 Å². The van der Waals surface area contributed by atoms with Gasteiger partial charge in [-0.25, -0.2) is 9.67 Å². The van der Waals surface area contributed by atoms with Crippen molar-refractivity contribution in [2.24, 2.45) is 5.92 Å². The number of carbonyl (C=O) groups is 1. The number of rotatable bonds is 6. The highest BCUT2D eigenvalue weighted by atomic mass is 16.2. The zero-order valence-electron chi connectivity index (χ0n) is 14.9. The second kappa shape index (κ2) is 7.12. The molecule has 2 aromatic carbocycles. The van der Waals surface area contributed by atoms with Crippen LogP contribution in [0.4, 0.5) is 0 Å². The summed E-state index contributed by atoms with van der Waals surface area (Å²) >= 11 is 0. The van der Waals surface area contributed by atoms with Crippen molar-refractivity contribution in [3.63, 3.8) is 0 Å². The van der Waals surface area contributed by atoms with E-state index in [9.17, 15) is 4.79 Å². The fraction of sp³-hybridized carbons (Fsp3) is 0.286. The minimum atomic E-state index is -0.197. The van der Waals surface area contributed by atoms with E-state index in [4.69, 9.17) is 0 Å². The van der Waals surface area contributed by atoms with E-state index in [0.29, 0.717) is 18.9 Å². The Morgan fingerprint density at radius 1 is 1.12 bits per heavy atom. The molecule has 0 unspecified atom stereocenters. The molecular weight excluding hydrogens is 324 g/mol. The van der Waals surface area contributed by atoms with E-state index in [0.717, 1.165) is 17.1 Å². The fourth-order valence-corrected chi connectivity index (χ4v) is 2.86. The van der Waals surface area contributed by atoms with Crippen LogP contribution in [-0.2, 0) is 6.42 Å². The molecule has 1 fully saturated rings. The Kier molecular flexibility index (Phi) is 4.52. The van der Waals surface area contributed by atoms with E-state index >= 15 is 0 Å². The molecule has 1 aromatic heterocycles. The van der Waals surface area contributed by atoms with Gasteiger partial charge in [0.05, 0.1) is 5.69 Å². The third-order valence-electron chi connectivity index (χ3n) is 4.61. The van der Waals surface area contributed by atoms with Gasteiger partial charge in [-0.05, 0) is 43.4 Å². The van der Waals surface area contributed by atoms with Crippen molar-refractivity contribution in [3.05, 3.63) is 77.4 Å². The molecule has 1 amide bonds. The van der Waals surface area contributed by atoms with Gasteiger partial charge < -0.3 is 5.32 Å². The van der Waals surface area contributed by atoms with Gasteiger partial charge in [0.15, 0.2) is 0 Å². The molecule has 26 heavy (non-hydrogen) atoms. The van der Waals surface area contributed by atoms with Crippen molar-refractivity contribution in [2.75, 3.05) is 6.54 Å². The maximum atomic E-state index is 12.4. The molecule has 1 heterocycles. The van der Waals surface area contributed by atoms with E-state index in [-0.39, 0.29) is 11.7 Å². The molecule has 0 bridgehead atoms. The summed E-state index contributed by atoms with van der Waals surface area (Å²) in [6.45, 7) is 2.76. The molecule has 0 spiro atoms. The minimum Gasteiger partial charge on any atom is -0.349 e. The fourth-order valence-electron chi connectivity index (χ4n) is 2.86. The average molecular weight is 346 g/mol. The largest absolute Gasteiger partial charge is 0.349 e. The average Bonchev–Trinajstić information content (AvgIpc) is 3.40. The molecule has 1 aliphatic rings. The monoisotopic (exact) mass is 346 g/mol. The van der Waals surface area contributed by atoms with E-state index in [1.807, 2.05) is 49.4 Å². The summed E-state index contributed by atoms with van der Waals surface area (Å²) in [5, 5.41) is 7.45. The molecule has 0 saturated heterocycles. The number of aryl methyl sites for hydroxylation is 1. The smallest absolute Gasteiger partial charge is 0.290 e. The molecule has 1 aliphatic carbocycles. The third kappa shape index (κ3) is 3.82. The molecule has 0 atom stereocenters. The van der Waals surface area contributed by atoms with Crippen LogP contribution in [0.3, 0.4) is 0 Å². The zero-order chi connectivity index (χ0) is 17.9. The Balaban J connectivity index is 1.64. The molecule has 5 nitrogen and oxygen atoms in total. The molecule has 1 saturated carbocycles. The first-order valence-corrected chi connectivity index (χ1v) is 9.04. The van der Waals surface area contributed by atoms with Crippen LogP contribution in [0.2, 0.25) is 0 Å². The van der Waals surface area contributed by atoms with E-state index in [1.165, 1.54) is 18.4 Å². The quantitative estimate of drug-likeness (QED) is 0.745. The minimum absolute atomic E-state index is 0.197. The van der Waals surface area contributed by atoms with Crippen LogP contribution < -0.4 is 5.32 Å². The second-order valence-corrected chi connectivity index (χ2v) is 6.91. The molecule has 0 aliphatic heterocycles. The summed E-state index contributed by atoms with van der Waals surface area (Å²) in [4.78, 5) is 17.0. The maximum Gasteiger partial charge on any atom is 0.290 e. The van der Waals surface area contributed by atoms with Gasteiger partial charge in [0.25, 0.3) is 5.91 Å². The van der Waals surface area contributed by atoms with Gasteiger partial charge in [0.1, 0.15) is 5.82 Å². The van der Waals surface area contributed by atoms with Gasteiger partial charge >= 0.3 is 0 Å². The number of hydrogen-bond acceptors (Lipinski definition) is 3. The highest BCUT2D eigenvalue weighted by Crippen LogP contribution is 2.27. The van der Waals surface area contributed by atoms with Crippen LogP contribution in [-0.4, -0.2) is 27.2 Å². The van der Waals surface area contributed by atoms with Crippen LogP contribution in [0.1, 0.15) is 40.4 Å². The lowest BCUT2D eigenvalue weighted by atomic mass is 10.1. The molecular formula is C21H22N4O. The number of nitrogens with one attached hydrogen (secondary N) is 1. The van der Waals surface area contributed by atoms with Crippen molar-refractivity contribution in [2.45, 2.75) is 26.2 Å². The third-order valence-corrected chi connectivity index (χ3v) is 4.61. The topological polar surface area (TPSA) is 59.8 Å². The van der Waals surface area contributed by atoms with Gasteiger partial charge in [0.2, 0.25) is 5.82 Å². The number of carbonyl (C=O) groups excluding carboxylic acids is 1. The van der Waals surface area contributed by atoms with Crippen LogP contribution in [0.5, 0.6) is 0 Å². The molecule has 3 aromatic rings. The van der Waals surface area contributed by atoms with E-state index in [1.54, 1.807) is 4.68 Å². The lowest BCUT2D eigenvalue weighted by Crippen LogP contribution is -2.26. The summed E-state index contributed by atoms with van der Waals surface area (Å²) in [7, 11) is 0. The van der Waals surface area contributed by atoms with E-state index < -0.39 is 0 Å². The number of benzene rings is 2. The predicted octanol–water partition coefficient (Wildman–Crippen LogP) is 3.31. The SMILES string of the molecule is Cc1ccc(-n2nc(C(=O)NCC3CC3)nc2Cc2ccccc2)cc1. The van der Waals surface area contributed by atoms with Crippen molar-refractivity contribution in [3.8, 4) is 5.69 Å². The van der Waals surface area contributed by atoms with Gasteiger partial charge in [-0.15, -0.1) is 5.10 Å². The van der Waals surface area contributed by atoms with Gasteiger partial charge in [-0.3, -0.25) is 4.79 Å². The number of nitrogens with zero attached hydrogens (tertiary/aromatic N) is 3. The summed E-state index contributed by atoms with van der Waals surface area (Å²) < 4.78 is 1.78. The highest BCUT2D eigenvalue weighted by molar-refractivity contribution is 5.90. The summed E-state index contributed by atoms with van der Waals surface area (Å²) in [5.41, 5.74) is 3.23. The number of amides is 1. The first kappa shape index (κ1) is 16.5. The Morgan fingerprint density at radius 3 is 2.54 bits per heavy atom. The standard InChI is InChI=1S/C21H22N4O/c1-15-7-11-18(12-8-15)25-19(13-16-5-3-2-4-6-16)23-20(24-25)21(26)22-14-17-9-10-17/h2-8,11-12,17H,9-10,13-14H2,1H3,(H,22,26). The van der Waals surface area contributed by atoms with Crippen LogP contribution in [0.25, 0.3) is 5.69 Å². The number of hydrogen-bond donors (Lipinski definition) is 1. The normalized spacial score (nSPS) is 13.6. The molecule has 4 rings (SSSR count). The second-order valence-electron chi connectivity index (χ2n) is 6.91. The first-order chi connectivity index (χ1) is 12.7. The van der Waals surface area contributed by atoms with Crippen molar-refractivity contribution >= 4 is 5.91 Å². The van der Waals surface area contributed by atoms with Gasteiger partial charge in [0, 0.05) is 13.0 Å². The lowest BCUT2D eigenvalue weighted by molar-refractivity contribution is 0.0941. The van der Waals surface area contributed by atoms with E-state index in [2.05, 4.69) is 27.5 Å². The molecule has 5 heteroatoms. The Hall–Kier alpha value is -2.95. The van der Waals surface area contributed by atoms with Crippen molar-refractivity contribution in [1.82, 2.24) is 20.1 Å². The molecule has 132 valence electrons. The summed E-state index contributed by atoms with van der Waals surface area (Å²) in [5.74, 6) is 1.42. The number of aromatic nitrogens is 3. The Bertz CT molecular complexity index is 896. The maximum absolute atomic E-state index is 12.4. The predicted molar refractivity (Wildman–Crippen MR) is 100 cm³/mol. The van der Waals surface area contributed by atoms with Gasteiger partial charge in [-0.2, -0.15) is 0 Å². The summed E-state index contributed by atoms with van der Waals surface area (Å²) in [6, 6.07) is 18.2. The van der Waals surface area contributed by atoms with Crippen LogP contribution in [0, 0.1) is 12.8 Å². The summed E-state index contributed by atoms with van der Waals surface area (Å²) in [6.07, 6.45) is 3.02.